The molecule has 0 spiro atoms. The van der Waals surface area contributed by atoms with E-state index in [0.717, 1.165) is 36.5 Å². The van der Waals surface area contributed by atoms with Crippen molar-refractivity contribution in [3.05, 3.63) is 23.8 Å². The third kappa shape index (κ3) is 1.19. The molecular weight excluding hydrogens is 204 g/mol. The topological polar surface area (TPSA) is 41.6 Å². The highest BCUT2D eigenvalue weighted by Gasteiger charge is 2.38. The average molecular weight is 218 g/mol. The van der Waals surface area contributed by atoms with Crippen molar-refractivity contribution in [1.29, 1.82) is 0 Å². The monoisotopic (exact) mass is 218 g/mol. The van der Waals surface area contributed by atoms with Gasteiger partial charge in [0.2, 0.25) is 5.91 Å². The molecule has 1 atom stereocenters. The van der Waals surface area contributed by atoms with Crippen LogP contribution in [-0.2, 0) is 11.2 Å². The zero-order valence-corrected chi connectivity index (χ0v) is 9.19. The second-order valence-electron chi connectivity index (χ2n) is 4.16. The van der Waals surface area contributed by atoms with Gasteiger partial charge in [-0.15, -0.1) is 0 Å². The van der Waals surface area contributed by atoms with Crippen LogP contribution in [0.15, 0.2) is 18.2 Å². The van der Waals surface area contributed by atoms with Gasteiger partial charge >= 0.3 is 0 Å². The van der Waals surface area contributed by atoms with E-state index in [-0.39, 0.29) is 11.9 Å². The molecule has 2 heterocycles. The summed E-state index contributed by atoms with van der Waals surface area (Å²) < 4.78 is 5.34. The van der Waals surface area contributed by atoms with Gasteiger partial charge in [-0.25, -0.2) is 0 Å². The van der Waals surface area contributed by atoms with Gasteiger partial charge in [-0.1, -0.05) is 6.07 Å². The lowest BCUT2D eigenvalue weighted by Crippen LogP contribution is -2.53. The van der Waals surface area contributed by atoms with Crippen LogP contribution in [0.1, 0.15) is 5.56 Å². The number of hydrogen-bond acceptors (Lipinski definition) is 3. The molecular formula is C12H14N2O2. The van der Waals surface area contributed by atoms with Gasteiger partial charge in [0, 0.05) is 30.8 Å². The summed E-state index contributed by atoms with van der Waals surface area (Å²) in [5, 5.41) is 2.90. The van der Waals surface area contributed by atoms with Gasteiger partial charge in [0.25, 0.3) is 0 Å². The third-order valence-corrected chi connectivity index (χ3v) is 3.37. The highest BCUT2D eigenvalue weighted by molar-refractivity contribution is 5.90. The molecule has 0 aliphatic carbocycles. The molecule has 0 bridgehead atoms. The smallest absolute Gasteiger partial charge is 0.243 e. The van der Waals surface area contributed by atoms with Gasteiger partial charge in [0.15, 0.2) is 0 Å². The number of benzene rings is 1. The Hall–Kier alpha value is -1.71. The van der Waals surface area contributed by atoms with Crippen molar-refractivity contribution >= 4 is 11.6 Å². The Morgan fingerprint density at radius 3 is 3.19 bits per heavy atom. The van der Waals surface area contributed by atoms with E-state index in [2.05, 4.69) is 16.3 Å². The summed E-state index contributed by atoms with van der Waals surface area (Å²) in [7, 11) is 1.67. The van der Waals surface area contributed by atoms with Crippen LogP contribution in [0.25, 0.3) is 0 Å². The van der Waals surface area contributed by atoms with E-state index in [1.807, 2.05) is 12.1 Å². The van der Waals surface area contributed by atoms with Crippen molar-refractivity contribution in [2.75, 3.05) is 25.1 Å². The quantitative estimate of drug-likeness (QED) is 0.748. The van der Waals surface area contributed by atoms with E-state index in [1.165, 1.54) is 0 Å². The summed E-state index contributed by atoms with van der Waals surface area (Å²) in [6.45, 7) is 1.61. The largest absolute Gasteiger partial charge is 0.496 e. The Kier molecular flexibility index (Phi) is 2.02. The number of fused-ring (bicyclic) bond motifs is 3. The van der Waals surface area contributed by atoms with Gasteiger partial charge in [0.05, 0.1) is 7.11 Å². The standard InChI is InChI=1S/C12H14N2O2/c1-16-11-4-2-3-9-8(11)7-10-12(15)13-5-6-14(9)10/h2-4,10H,5-7H2,1H3,(H,13,15). The molecule has 2 aliphatic heterocycles. The first-order valence-corrected chi connectivity index (χ1v) is 5.51. The first-order chi connectivity index (χ1) is 7.81. The molecule has 1 saturated heterocycles. The van der Waals surface area contributed by atoms with Crippen LogP contribution in [0.2, 0.25) is 0 Å². The fraction of sp³-hybridized carbons (Fsp3) is 0.417. The molecule has 1 aromatic rings. The van der Waals surface area contributed by atoms with Gasteiger partial charge in [0.1, 0.15) is 11.8 Å². The van der Waals surface area contributed by atoms with E-state index in [4.69, 9.17) is 4.74 Å². The van der Waals surface area contributed by atoms with E-state index in [1.54, 1.807) is 7.11 Å². The number of ether oxygens (including phenoxy) is 1. The second kappa shape index (κ2) is 3.40. The minimum atomic E-state index is -0.0416. The van der Waals surface area contributed by atoms with Gasteiger partial charge in [-0.05, 0) is 12.1 Å². The predicted molar refractivity (Wildman–Crippen MR) is 60.8 cm³/mol. The van der Waals surface area contributed by atoms with Crippen molar-refractivity contribution in [3.63, 3.8) is 0 Å². The van der Waals surface area contributed by atoms with E-state index >= 15 is 0 Å². The molecule has 1 amide bonds. The maximum absolute atomic E-state index is 11.8. The molecule has 3 rings (SSSR count). The van der Waals surface area contributed by atoms with Gasteiger partial charge in [-0.3, -0.25) is 4.79 Å². The fourth-order valence-corrected chi connectivity index (χ4v) is 2.62. The van der Waals surface area contributed by atoms with E-state index in [9.17, 15) is 4.79 Å². The lowest BCUT2D eigenvalue weighted by atomic mass is 10.1. The van der Waals surface area contributed by atoms with Crippen molar-refractivity contribution in [2.45, 2.75) is 12.5 Å². The van der Waals surface area contributed by atoms with Crippen LogP contribution < -0.4 is 15.0 Å². The molecule has 0 aromatic heterocycles. The van der Waals surface area contributed by atoms with Crippen LogP contribution in [-0.4, -0.2) is 32.1 Å². The number of rotatable bonds is 1. The summed E-state index contributed by atoms with van der Waals surface area (Å²) in [6.07, 6.45) is 0.755. The third-order valence-electron chi connectivity index (χ3n) is 3.37. The number of hydrogen-bond donors (Lipinski definition) is 1. The lowest BCUT2D eigenvalue weighted by Gasteiger charge is -2.31. The van der Waals surface area contributed by atoms with Crippen molar-refractivity contribution in [3.8, 4) is 5.75 Å². The van der Waals surface area contributed by atoms with Crippen molar-refractivity contribution < 1.29 is 9.53 Å². The first kappa shape index (κ1) is 9.51. The normalized spacial score (nSPS) is 22.4. The highest BCUT2D eigenvalue weighted by Crippen LogP contribution is 2.38. The summed E-state index contributed by atoms with van der Waals surface area (Å²) >= 11 is 0. The van der Waals surface area contributed by atoms with Crippen molar-refractivity contribution in [1.82, 2.24) is 5.32 Å². The molecule has 4 nitrogen and oxygen atoms in total. The summed E-state index contributed by atoms with van der Waals surface area (Å²) in [5.74, 6) is 1.02. The summed E-state index contributed by atoms with van der Waals surface area (Å²) in [5.41, 5.74) is 2.31. The molecule has 4 heteroatoms. The summed E-state index contributed by atoms with van der Waals surface area (Å²) in [4.78, 5) is 13.9. The Labute approximate surface area is 94.2 Å². The van der Waals surface area contributed by atoms with Crippen LogP contribution in [0.3, 0.4) is 0 Å². The fourth-order valence-electron chi connectivity index (χ4n) is 2.62. The van der Waals surface area contributed by atoms with E-state index in [0.29, 0.717) is 0 Å². The Morgan fingerprint density at radius 1 is 1.50 bits per heavy atom. The number of nitrogens with one attached hydrogen (secondary N) is 1. The zero-order valence-electron chi connectivity index (χ0n) is 9.19. The van der Waals surface area contributed by atoms with Crippen molar-refractivity contribution in [2.24, 2.45) is 0 Å². The van der Waals surface area contributed by atoms with Gasteiger partial charge < -0.3 is 15.0 Å². The van der Waals surface area contributed by atoms with E-state index < -0.39 is 0 Å². The highest BCUT2D eigenvalue weighted by atomic mass is 16.5. The molecule has 1 unspecified atom stereocenters. The number of carbonyl (C=O) groups is 1. The molecule has 0 saturated carbocycles. The minimum absolute atomic E-state index is 0.0416. The zero-order chi connectivity index (χ0) is 11.1. The molecule has 1 fully saturated rings. The number of piperazine rings is 1. The molecule has 2 aliphatic rings. The SMILES string of the molecule is COc1cccc2c1CC1C(=O)NCCN21. The number of methoxy groups -OCH3 is 1. The number of anilines is 1. The van der Waals surface area contributed by atoms with Gasteiger partial charge in [-0.2, -0.15) is 0 Å². The molecule has 84 valence electrons. The summed E-state index contributed by atoms with van der Waals surface area (Å²) in [6, 6.07) is 5.96. The Morgan fingerprint density at radius 2 is 2.38 bits per heavy atom. The maximum atomic E-state index is 11.8. The van der Waals surface area contributed by atoms with Crippen LogP contribution in [0.5, 0.6) is 5.75 Å². The molecule has 1 aromatic carbocycles. The number of carbonyl (C=O) groups excluding carboxylic acids is 1. The molecule has 0 radical (unpaired) electrons. The predicted octanol–water partition coefficient (Wildman–Crippen LogP) is 0.556. The molecule has 1 N–H and O–H groups in total. The number of nitrogens with zero attached hydrogens (tertiary/aromatic N) is 1. The number of amides is 1. The van der Waals surface area contributed by atoms with Crippen LogP contribution in [0, 0.1) is 0 Å². The van der Waals surface area contributed by atoms with Crippen LogP contribution in [0.4, 0.5) is 5.69 Å². The Balaban J connectivity index is 2.06. The Bertz CT molecular complexity index is 445. The first-order valence-electron chi connectivity index (χ1n) is 5.51. The van der Waals surface area contributed by atoms with Crippen LogP contribution >= 0.6 is 0 Å². The maximum Gasteiger partial charge on any atom is 0.243 e. The average Bonchev–Trinajstić information content (AvgIpc) is 2.69. The molecule has 16 heavy (non-hydrogen) atoms. The second-order valence-corrected chi connectivity index (χ2v) is 4.16. The lowest BCUT2D eigenvalue weighted by molar-refractivity contribution is -0.123. The minimum Gasteiger partial charge on any atom is -0.496 e.